The van der Waals surface area contributed by atoms with Gasteiger partial charge in [0.15, 0.2) is 0 Å². The molecule has 0 bridgehead atoms. The third-order valence-corrected chi connectivity index (χ3v) is 5.97. The zero-order chi connectivity index (χ0) is 17.7. The van der Waals surface area contributed by atoms with Crippen molar-refractivity contribution in [1.29, 1.82) is 0 Å². The van der Waals surface area contributed by atoms with E-state index in [4.69, 9.17) is 5.73 Å². The molecular weight excluding hydrogens is 348 g/mol. The molecule has 2 aliphatic rings. The van der Waals surface area contributed by atoms with Crippen LogP contribution in [-0.4, -0.2) is 61.0 Å². The Morgan fingerprint density at radius 2 is 1.69 bits per heavy atom. The molecule has 1 amide bonds. The fourth-order valence-corrected chi connectivity index (χ4v) is 4.15. The lowest BCUT2D eigenvalue weighted by Gasteiger charge is -2.50. The first-order chi connectivity index (χ1) is 12.1. The molecule has 146 valence electrons. The van der Waals surface area contributed by atoms with Crippen molar-refractivity contribution in [2.45, 2.75) is 44.2 Å². The van der Waals surface area contributed by atoms with Gasteiger partial charge in [-0.2, -0.15) is 0 Å². The van der Waals surface area contributed by atoms with Crippen LogP contribution in [0.25, 0.3) is 0 Å². The number of piperidine rings is 2. The Morgan fingerprint density at radius 1 is 1.08 bits per heavy atom. The van der Waals surface area contributed by atoms with Gasteiger partial charge < -0.3 is 16.0 Å². The summed E-state index contributed by atoms with van der Waals surface area (Å²) in [5, 5.41) is 3.23. The Kier molecular flexibility index (Phi) is 7.89. The quantitative estimate of drug-likeness (QED) is 0.822. The molecule has 2 fully saturated rings. The van der Waals surface area contributed by atoms with E-state index in [0.717, 1.165) is 43.6 Å². The number of rotatable bonds is 5. The summed E-state index contributed by atoms with van der Waals surface area (Å²) >= 11 is 0. The third-order valence-electron chi connectivity index (χ3n) is 5.97. The number of amides is 1. The topological polar surface area (TPSA) is 61.6 Å². The summed E-state index contributed by atoms with van der Waals surface area (Å²) in [5.74, 6) is 0.0267. The zero-order valence-corrected chi connectivity index (χ0v) is 16.7. The minimum atomic E-state index is 0. The molecule has 6 heteroatoms. The van der Waals surface area contributed by atoms with E-state index >= 15 is 0 Å². The van der Waals surface area contributed by atoms with Gasteiger partial charge in [0.2, 0.25) is 0 Å². The molecule has 0 spiro atoms. The fraction of sp³-hybridized carbons (Fsp3) is 0.650. The van der Waals surface area contributed by atoms with E-state index in [1.54, 1.807) is 0 Å². The molecule has 3 N–H and O–H groups in total. The van der Waals surface area contributed by atoms with Crippen LogP contribution in [0.15, 0.2) is 24.3 Å². The highest BCUT2D eigenvalue weighted by Crippen LogP contribution is 2.31. The van der Waals surface area contributed by atoms with Gasteiger partial charge in [0.1, 0.15) is 0 Å². The third kappa shape index (κ3) is 4.97. The number of carbonyl (C=O) groups excluding carboxylic acids is 1. The van der Waals surface area contributed by atoms with Crippen molar-refractivity contribution in [3.05, 3.63) is 35.4 Å². The van der Waals surface area contributed by atoms with Crippen LogP contribution >= 0.6 is 12.4 Å². The Bertz CT molecular complexity index is 564. The lowest BCUT2D eigenvalue weighted by molar-refractivity contribution is 0.0145. The number of nitrogens with two attached hydrogens (primary N) is 1. The van der Waals surface area contributed by atoms with Crippen LogP contribution < -0.4 is 11.1 Å². The van der Waals surface area contributed by atoms with Crippen LogP contribution in [0.1, 0.15) is 48.0 Å². The van der Waals surface area contributed by atoms with Gasteiger partial charge in [0.25, 0.3) is 5.91 Å². The minimum absolute atomic E-state index is 0. The Morgan fingerprint density at radius 3 is 2.27 bits per heavy atom. The maximum atomic E-state index is 12.6. The van der Waals surface area contributed by atoms with Gasteiger partial charge in [-0.15, -0.1) is 12.4 Å². The molecule has 0 aromatic heterocycles. The van der Waals surface area contributed by atoms with E-state index in [9.17, 15) is 4.79 Å². The average molecular weight is 381 g/mol. The van der Waals surface area contributed by atoms with Crippen molar-refractivity contribution in [2.24, 2.45) is 5.73 Å². The number of halogens is 1. The maximum Gasteiger partial charge on any atom is 0.251 e. The van der Waals surface area contributed by atoms with E-state index in [-0.39, 0.29) is 23.9 Å². The smallest absolute Gasteiger partial charge is 0.251 e. The van der Waals surface area contributed by atoms with Crippen LogP contribution in [0.2, 0.25) is 0 Å². The molecule has 0 unspecified atom stereocenters. The number of hydrogen-bond donors (Lipinski definition) is 2. The van der Waals surface area contributed by atoms with E-state index < -0.39 is 0 Å². The van der Waals surface area contributed by atoms with Gasteiger partial charge >= 0.3 is 0 Å². The summed E-state index contributed by atoms with van der Waals surface area (Å²) in [7, 11) is 2.19. The number of hydrogen-bond acceptors (Lipinski definition) is 4. The van der Waals surface area contributed by atoms with E-state index in [1.807, 2.05) is 24.3 Å². The molecule has 0 aliphatic carbocycles. The van der Waals surface area contributed by atoms with Gasteiger partial charge in [0, 0.05) is 24.2 Å². The van der Waals surface area contributed by atoms with Crippen LogP contribution in [0.5, 0.6) is 0 Å². The van der Waals surface area contributed by atoms with Crippen molar-refractivity contribution in [1.82, 2.24) is 15.1 Å². The largest absolute Gasteiger partial charge is 0.350 e. The summed E-state index contributed by atoms with van der Waals surface area (Å²) < 4.78 is 0. The van der Waals surface area contributed by atoms with Gasteiger partial charge in [-0.1, -0.05) is 18.6 Å². The second kappa shape index (κ2) is 9.70. The lowest BCUT2D eigenvalue weighted by Crippen LogP contribution is -2.61. The summed E-state index contributed by atoms with van der Waals surface area (Å²) in [6.45, 7) is 5.82. The van der Waals surface area contributed by atoms with Crippen LogP contribution in [-0.2, 0) is 6.54 Å². The molecule has 1 aromatic rings. The molecule has 2 aliphatic heterocycles. The molecule has 0 atom stereocenters. The Hall–Kier alpha value is -1.14. The average Bonchev–Trinajstić information content (AvgIpc) is 2.68. The lowest BCUT2D eigenvalue weighted by atomic mass is 9.84. The minimum Gasteiger partial charge on any atom is -0.350 e. The van der Waals surface area contributed by atoms with Crippen molar-refractivity contribution in [2.75, 3.05) is 39.8 Å². The van der Waals surface area contributed by atoms with Gasteiger partial charge in [-0.3, -0.25) is 9.69 Å². The second-order valence-corrected chi connectivity index (χ2v) is 7.66. The molecule has 2 heterocycles. The SMILES string of the molecule is CN1CCC(CNC(=O)c2ccc(CN)cc2)(N2CCCCC2)CC1.Cl. The van der Waals surface area contributed by atoms with Crippen LogP contribution in [0.4, 0.5) is 0 Å². The number of carbonyl (C=O) groups is 1. The predicted octanol–water partition coefficient (Wildman–Crippen LogP) is 2.25. The summed E-state index contributed by atoms with van der Waals surface area (Å²) in [4.78, 5) is 17.7. The number of likely N-dealkylation sites (tertiary alicyclic amines) is 2. The van der Waals surface area contributed by atoms with Crippen molar-refractivity contribution < 1.29 is 4.79 Å². The normalized spacial score (nSPS) is 21.0. The summed E-state index contributed by atoms with van der Waals surface area (Å²) in [6, 6.07) is 7.62. The first-order valence-corrected chi connectivity index (χ1v) is 9.64. The standard InChI is InChI=1S/C20H32N4O.ClH/c1-23-13-9-20(10-14-23,24-11-3-2-4-12-24)16-22-19(25)18-7-5-17(15-21)6-8-18;/h5-8H,2-4,9-16,21H2,1H3,(H,22,25);1H. The highest BCUT2D eigenvalue weighted by molar-refractivity contribution is 5.94. The molecular formula is C20H33ClN4O. The number of nitrogens with one attached hydrogen (secondary N) is 1. The van der Waals surface area contributed by atoms with E-state index in [0.29, 0.717) is 6.54 Å². The van der Waals surface area contributed by atoms with E-state index in [1.165, 1.54) is 32.4 Å². The Labute approximate surface area is 163 Å². The van der Waals surface area contributed by atoms with Crippen LogP contribution in [0.3, 0.4) is 0 Å². The first kappa shape index (κ1) is 21.2. The van der Waals surface area contributed by atoms with Gasteiger partial charge in [-0.05, 0) is 76.6 Å². The monoisotopic (exact) mass is 380 g/mol. The van der Waals surface area contributed by atoms with Gasteiger partial charge in [-0.25, -0.2) is 0 Å². The number of nitrogens with zero attached hydrogens (tertiary/aromatic N) is 2. The number of benzene rings is 1. The fourth-order valence-electron chi connectivity index (χ4n) is 4.15. The van der Waals surface area contributed by atoms with Gasteiger partial charge in [0.05, 0.1) is 0 Å². The molecule has 1 aromatic carbocycles. The maximum absolute atomic E-state index is 12.6. The molecule has 0 radical (unpaired) electrons. The Balaban J connectivity index is 0.00000243. The van der Waals surface area contributed by atoms with Crippen molar-refractivity contribution >= 4 is 18.3 Å². The van der Waals surface area contributed by atoms with Crippen molar-refractivity contribution in [3.63, 3.8) is 0 Å². The van der Waals surface area contributed by atoms with Crippen LogP contribution in [0, 0.1) is 0 Å². The molecule has 3 rings (SSSR count). The second-order valence-electron chi connectivity index (χ2n) is 7.66. The first-order valence-electron chi connectivity index (χ1n) is 9.64. The predicted molar refractivity (Wildman–Crippen MR) is 109 cm³/mol. The molecule has 2 saturated heterocycles. The molecule has 26 heavy (non-hydrogen) atoms. The molecule has 5 nitrogen and oxygen atoms in total. The highest BCUT2D eigenvalue weighted by Gasteiger charge is 2.39. The molecule has 0 saturated carbocycles. The van der Waals surface area contributed by atoms with E-state index in [2.05, 4.69) is 22.2 Å². The zero-order valence-electron chi connectivity index (χ0n) is 15.9. The highest BCUT2D eigenvalue weighted by atomic mass is 35.5. The van der Waals surface area contributed by atoms with Crippen molar-refractivity contribution in [3.8, 4) is 0 Å². The summed E-state index contributed by atoms with van der Waals surface area (Å²) in [6.07, 6.45) is 6.18. The summed E-state index contributed by atoms with van der Waals surface area (Å²) in [5.41, 5.74) is 7.53.